The first-order chi connectivity index (χ1) is 9.85. The van der Waals surface area contributed by atoms with E-state index in [2.05, 4.69) is 0 Å². The van der Waals surface area contributed by atoms with Gasteiger partial charge in [0.2, 0.25) is 11.8 Å². The van der Waals surface area contributed by atoms with E-state index in [1.165, 1.54) is 35.1 Å². The number of thioether (sulfide) groups is 1. The Balaban J connectivity index is 2.02. The summed E-state index contributed by atoms with van der Waals surface area (Å²) in [5.41, 5.74) is 0. The molecule has 2 heterocycles. The molecule has 0 spiro atoms. The molecule has 21 heavy (non-hydrogen) atoms. The van der Waals surface area contributed by atoms with Crippen LogP contribution in [-0.2, 0) is 16.1 Å². The fourth-order valence-electron chi connectivity index (χ4n) is 1.84. The van der Waals surface area contributed by atoms with Gasteiger partial charge in [0, 0.05) is 0 Å². The number of nitrogens with zero attached hydrogens (tertiary/aromatic N) is 2. The molecule has 0 atom stereocenters. The van der Waals surface area contributed by atoms with Crippen LogP contribution in [0.25, 0.3) is 0 Å². The summed E-state index contributed by atoms with van der Waals surface area (Å²) in [5.74, 6) is -0.150. The molecule has 0 aliphatic carbocycles. The summed E-state index contributed by atoms with van der Waals surface area (Å²) in [4.78, 5) is 25.4. The van der Waals surface area contributed by atoms with Crippen molar-refractivity contribution in [3.05, 3.63) is 24.2 Å². The van der Waals surface area contributed by atoms with Crippen LogP contribution < -0.4 is 0 Å². The van der Waals surface area contributed by atoms with Crippen molar-refractivity contribution in [1.82, 2.24) is 9.80 Å². The summed E-state index contributed by atoms with van der Waals surface area (Å²) in [6.45, 7) is -2.00. The maximum Gasteiger partial charge on any atom is 0.406 e. The van der Waals surface area contributed by atoms with E-state index in [0.29, 0.717) is 10.8 Å². The first kappa shape index (κ1) is 15.7. The van der Waals surface area contributed by atoms with Crippen molar-refractivity contribution in [3.63, 3.8) is 0 Å². The molecular weight excluding hydrogens is 309 g/mol. The number of hydrogen-bond donors (Lipinski definition) is 0. The second kappa shape index (κ2) is 6.42. The van der Waals surface area contributed by atoms with Crippen LogP contribution in [0.2, 0.25) is 0 Å². The molecule has 1 aliphatic heterocycles. The highest BCUT2D eigenvalue weighted by molar-refractivity contribution is 8.00. The molecule has 1 saturated heterocycles. The van der Waals surface area contributed by atoms with Gasteiger partial charge in [-0.25, -0.2) is 0 Å². The average Bonchev–Trinajstić information content (AvgIpc) is 3.00. The molecule has 116 valence electrons. The lowest BCUT2D eigenvalue weighted by Crippen LogP contribution is -2.44. The zero-order valence-electron chi connectivity index (χ0n) is 10.9. The van der Waals surface area contributed by atoms with Gasteiger partial charge in [0.1, 0.15) is 18.8 Å². The minimum absolute atomic E-state index is 0.238. The monoisotopic (exact) mass is 322 g/mol. The number of hydrogen-bond acceptors (Lipinski definition) is 4. The van der Waals surface area contributed by atoms with Crippen LogP contribution >= 0.6 is 11.8 Å². The van der Waals surface area contributed by atoms with Crippen LogP contribution in [0.3, 0.4) is 0 Å². The van der Waals surface area contributed by atoms with Gasteiger partial charge in [-0.15, -0.1) is 11.8 Å². The van der Waals surface area contributed by atoms with Crippen molar-refractivity contribution in [3.8, 4) is 0 Å². The molecule has 0 bridgehead atoms. The van der Waals surface area contributed by atoms with Crippen LogP contribution in [0.1, 0.15) is 5.76 Å². The highest BCUT2D eigenvalue weighted by Gasteiger charge is 2.34. The molecule has 1 aromatic heterocycles. The number of furan rings is 1. The van der Waals surface area contributed by atoms with Crippen molar-refractivity contribution < 1.29 is 27.2 Å². The number of amides is 2. The van der Waals surface area contributed by atoms with E-state index in [1.54, 1.807) is 0 Å². The summed E-state index contributed by atoms with van der Waals surface area (Å²) in [5, 5.41) is 0. The fraction of sp³-hybridized carbons (Fsp3) is 0.500. The van der Waals surface area contributed by atoms with Crippen LogP contribution in [0.4, 0.5) is 13.2 Å². The van der Waals surface area contributed by atoms with Crippen LogP contribution in [0.5, 0.6) is 0 Å². The lowest BCUT2D eigenvalue weighted by molar-refractivity contribution is -0.163. The van der Waals surface area contributed by atoms with E-state index in [0.717, 1.165) is 0 Å². The van der Waals surface area contributed by atoms with Crippen molar-refractivity contribution in [2.24, 2.45) is 0 Å². The molecule has 0 saturated carbocycles. The van der Waals surface area contributed by atoms with Gasteiger partial charge < -0.3 is 14.2 Å². The van der Waals surface area contributed by atoms with Crippen LogP contribution in [0.15, 0.2) is 22.8 Å². The lowest BCUT2D eigenvalue weighted by atomic mass is 10.3. The summed E-state index contributed by atoms with van der Waals surface area (Å²) >= 11 is 1.33. The van der Waals surface area contributed by atoms with E-state index >= 15 is 0 Å². The number of halogens is 3. The Morgan fingerprint density at radius 2 is 2.24 bits per heavy atom. The van der Waals surface area contributed by atoms with Crippen molar-refractivity contribution in [2.45, 2.75) is 12.7 Å². The molecule has 0 unspecified atom stereocenters. The first-order valence-corrected chi connectivity index (χ1v) is 7.23. The average molecular weight is 322 g/mol. The predicted molar refractivity (Wildman–Crippen MR) is 69.2 cm³/mol. The van der Waals surface area contributed by atoms with Gasteiger partial charge in [0.25, 0.3) is 0 Å². The zero-order valence-corrected chi connectivity index (χ0v) is 11.7. The third kappa shape index (κ3) is 4.69. The van der Waals surface area contributed by atoms with Gasteiger partial charge in [0.15, 0.2) is 0 Å². The number of carbonyl (C=O) groups is 2. The maximum atomic E-state index is 12.6. The molecule has 0 aromatic carbocycles. The van der Waals surface area contributed by atoms with E-state index in [4.69, 9.17) is 4.42 Å². The Hall–Kier alpha value is -1.64. The lowest BCUT2D eigenvalue weighted by Gasteiger charge is -2.25. The van der Waals surface area contributed by atoms with Crippen molar-refractivity contribution in [2.75, 3.05) is 24.7 Å². The molecule has 1 aromatic rings. The summed E-state index contributed by atoms with van der Waals surface area (Å²) in [7, 11) is 0. The first-order valence-electron chi connectivity index (χ1n) is 6.07. The third-order valence-electron chi connectivity index (χ3n) is 2.80. The number of carbonyl (C=O) groups excluding carboxylic acids is 2. The molecule has 2 amide bonds. The summed E-state index contributed by atoms with van der Waals surface area (Å²) < 4.78 is 42.7. The molecule has 9 heteroatoms. The van der Waals surface area contributed by atoms with Crippen LogP contribution in [-0.4, -0.2) is 52.5 Å². The highest BCUT2D eigenvalue weighted by Crippen LogP contribution is 2.20. The van der Waals surface area contributed by atoms with Gasteiger partial charge in [-0.2, -0.15) is 13.2 Å². The second-order valence-electron chi connectivity index (χ2n) is 4.51. The fourth-order valence-corrected chi connectivity index (χ4v) is 2.75. The van der Waals surface area contributed by atoms with Gasteiger partial charge in [-0.3, -0.25) is 9.59 Å². The van der Waals surface area contributed by atoms with Crippen molar-refractivity contribution >= 4 is 23.6 Å². The largest absolute Gasteiger partial charge is 0.467 e. The Morgan fingerprint density at radius 1 is 1.48 bits per heavy atom. The minimum Gasteiger partial charge on any atom is -0.467 e. The summed E-state index contributed by atoms with van der Waals surface area (Å²) in [6.07, 6.45) is -3.18. The normalized spacial score (nSPS) is 15.6. The second-order valence-corrected chi connectivity index (χ2v) is 5.47. The molecule has 0 radical (unpaired) electrons. The molecule has 1 fully saturated rings. The van der Waals surface area contributed by atoms with E-state index < -0.39 is 18.6 Å². The number of alkyl halides is 3. The quantitative estimate of drug-likeness (QED) is 0.828. The van der Waals surface area contributed by atoms with Gasteiger partial charge in [0.05, 0.1) is 24.4 Å². The minimum atomic E-state index is -4.51. The Morgan fingerprint density at radius 3 is 2.76 bits per heavy atom. The molecular formula is C12H13F3N2O3S. The third-order valence-corrected chi connectivity index (χ3v) is 3.75. The SMILES string of the molecule is O=C1CSCN1CC(=O)N(Cc1ccco1)CC(F)(F)F. The van der Waals surface area contributed by atoms with E-state index in [9.17, 15) is 22.8 Å². The van der Waals surface area contributed by atoms with Crippen LogP contribution in [0, 0.1) is 0 Å². The molecule has 2 rings (SSSR count). The molecule has 1 aliphatic rings. The Bertz CT molecular complexity index is 504. The van der Waals surface area contributed by atoms with E-state index in [-0.39, 0.29) is 30.5 Å². The van der Waals surface area contributed by atoms with Gasteiger partial charge in [-0.1, -0.05) is 0 Å². The Labute approximate surface area is 123 Å². The number of rotatable bonds is 5. The summed E-state index contributed by atoms with van der Waals surface area (Å²) in [6, 6.07) is 3.03. The van der Waals surface area contributed by atoms with Gasteiger partial charge in [-0.05, 0) is 12.1 Å². The molecule has 0 N–H and O–H groups in total. The van der Waals surface area contributed by atoms with Crippen molar-refractivity contribution in [1.29, 1.82) is 0 Å². The van der Waals surface area contributed by atoms with E-state index in [1.807, 2.05) is 0 Å². The topological polar surface area (TPSA) is 53.8 Å². The predicted octanol–water partition coefficient (Wildman–Crippen LogP) is 1.70. The highest BCUT2D eigenvalue weighted by atomic mass is 32.2. The Kier molecular flexibility index (Phi) is 4.81. The smallest absolute Gasteiger partial charge is 0.406 e. The molecule has 5 nitrogen and oxygen atoms in total. The standard InChI is InChI=1S/C12H13F3N2O3S/c13-12(14,15)7-16(4-9-2-1-3-20-9)10(18)5-17-8-21-6-11(17)19/h1-3H,4-8H2. The maximum absolute atomic E-state index is 12.6. The zero-order chi connectivity index (χ0) is 15.5. The van der Waals surface area contributed by atoms with Gasteiger partial charge >= 0.3 is 6.18 Å².